The molecular formula is C16H24N2O3. The molecule has 1 aromatic rings. The van der Waals surface area contributed by atoms with Crippen LogP contribution in [0.2, 0.25) is 0 Å². The van der Waals surface area contributed by atoms with Crippen molar-refractivity contribution in [2.75, 3.05) is 30.4 Å². The van der Waals surface area contributed by atoms with Gasteiger partial charge in [-0.25, -0.2) is 4.79 Å². The number of benzene rings is 1. The predicted molar refractivity (Wildman–Crippen MR) is 83.5 cm³/mol. The smallest absolute Gasteiger partial charge is 0.340 e. The topological polar surface area (TPSA) is 75.8 Å². The number of nitrogens with two attached hydrogens (primary N) is 1. The summed E-state index contributed by atoms with van der Waals surface area (Å²) in [6, 6.07) is 5.64. The van der Waals surface area contributed by atoms with Crippen LogP contribution in [0.1, 0.15) is 43.0 Å². The fourth-order valence-corrected chi connectivity index (χ4v) is 2.94. The lowest BCUT2D eigenvalue weighted by Gasteiger charge is -2.38. The third-order valence-electron chi connectivity index (χ3n) is 3.91. The highest BCUT2D eigenvalue weighted by atomic mass is 16.5. The Kier molecular flexibility index (Phi) is 5.44. The number of hydrogen-bond acceptors (Lipinski definition) is 5. The molecular weight excluding hydrogens is 268 g/mol. The van der Waals surface area contributed by atoms with Crippen molar-refractivity contribution in [3.05, 3.63) is 23.8 Å². The summed E-state index contributed by atoms with van der Waals surface area (Å²) in [4.78, 5) is 14.4. The van der Waals surface area contributed by atoms with Gasteiger partial charge in [-0.2, -0.15) is 0 Å². The van der Waals surface area contributed by atoms with Gasteiger partial charge in [-0.1, -0.05) is 0 Å². The number of anilines is 2. The van der Waals surface area contributed by atoms with Crippen molar-refractivity contribution >= 4 is 17.3 Å². The van der Waals surface area contributed by atoms with Gasteiger partial charge >= 0.3 is 5.97 Å². The normalized spacial score (nSPS) is 18.6. The molecule has 1 heterocycles. The maximum Gasteiger partial charge on any atom is 0.340 e. The second kappa shape index (κ2) is 7.31. The summed E-state index contributed by atoms with van der Waals surface area (Å²) in [5.41, 5.74) is 7.75. The number of ether oxygens (including phenoxy) is 1. The average Bonchev–Trinajstić information content (AvgIpc) is 2.48. The number of rotatable bonds is 5. The number of nitrogens with zero attached hydrogens (tertiary/aromatic N) is 1. The third kappa shape index (κ3) is 3.67. The molecule has 1 aliphatic heterocycles. The number of aliphatic hydroxyl groups is 1. The minimum absolute atomic E-state index is 0.158. The van der Waals surface area contributed by atoms with E-state index in [1.54, 1.807) is 13.0 Å². The Bertz CT molecular complexity index is 488. The van der Waals surface area contributed by atoms with Crippen LogP contribution in [-0.4, -0.2) is 36.9 Å². The first-order valence-electron chi connectivity index (χ1n) is 7.61. The van der Waals surface area contributed by atoms with E-state index >= 15 is 0 Å². The van der Waals surface area contributed by atoms with Crippen LogP contribution in [0.3, 0.4) is 0 Å². The van der Waals surface area contributed by atoms with Crippen LogP contribution in [0.15, 0.2) is 18.2 Å². The number of aliphatic hydroxyl groups excluding tert-OH is 1. The van der Waals surface area contributed by atoms with E-state index in [4.69, 9.17) is 10.5 Å². The second-order valence-electron chi connectivity index (χ2n) is 5.35. The predicted octanol–water partition coefficient (Wildman–Crippen LogP) is 2.19. The van der Waals surface area contributed by atoms with Gasteiger partial charge in [-0.05, 0) is 50.8 Å². The van der Waals surface area contributed by atoms with Crippen molar-refractivity contribution in [1.82, 2.24) is 0 Å². The summed E-state index contributed by atoms with van der Waals surface area (Å²) in [6.07, 6.45) is 4.00. The van der Waals surface area contributed by atoms with E-state index in [1.807, 2.05) is 12.1 Å². The first-order valence-corrected chi connectivity index (χ1v) is 7.61. The number of carbonyl (C=O) groups excluding carboxylic acids is 1. The van der Waals surface area contributed by atoms with Gasteiger partial charge < -0.3 is 20.5 Å². The van der Waals surface area contributed by atoms with Crippen LogP contribution in [0.4, 0.5) is 11.4 Å². The quantitative estimate of drug-likeness (QED) is 0.642. The molecule has 1 aromatic carbocycles. The van der Waals surface area contributed by atoms with Gasteiger partial charge in [0.2, 0.25) is 0 Å². The van der Waals surface area contributed by atoms with Gasteiger partial charge in [-0.3, -0.25) is 0 Å². The molecule has 0 saturated carbocycles. The number of carbonyl (C=O) groups is 1. The molecule has 2 rings (SSSR count). The molecule has 0 spiro atoms. The Labute approximate surface area is 125 Å². The molecule has 0 bridgehead atoms. The zero-order chi connectivity index (χ0) is 15.2. The lowest BCUT2D eigenvalue weighted by molar-refractivity contribution is 0.0527. The Morgan fingerprint density at radius 2 is 2.29 bits per heavy atom. The Morgan fingerprint density at radius 3 is 3.00 bits per heavy atom. The highest BCUT2D eigenvalue weighted by molar-refractivity contribution is 5.97. The van der Waals surface area contributed by atoms with Crippen molar-refractivity contribution in [1.29, 1.82) is 0 Å². The minimum Gasteiger partial charge on any atom is -0.462 e. The molecule has 5 heteroatoms. The molecule has 3 N–H and O–H groups in total. The van der Waals surface area contributed by atoms with Crippen molar-refractivity contribution in [2.45, 2.75) is 38.6 Å². The Hall–Kier alpha value is -1.75. The molecule has 116 valence electrons. The van der Waals surface area contributed by atoms with Crippen LogP contribution in [0, 0.1) is 0 Å². The number of nitrogen functional groups attached to an aromatic ring is 1. The fraction of sp³-hybridized carbons (Fsp3) is 0.562. The van der Waals surface area contributed by atoms with Gasteiger partial charge in [0.25, 0.3) is 0 Å². The molecule has 5 nitrogen and oxygen atoms in total. The highest BCUT2D eigenvalue weighted by Crippen LogP contribution is 2.31. The van der Waals surface area contributed by atoms with E-state index in [0.29, 0.717) is 24.3 Å². The lowest BCUT2D eigenvalue weighted by atomic mass is 9.97. The molecule has 21 heavy (non-hydrogen) atoms. The molecule has 0 amide bonds. The standard InChI is InChI=1S/C16H24N2O3/c1-2-21-16(20)14-11-12(17)6-7-15(14)18-9-4-3-5-13(18)8-10-19/h6-7,11,13,19H,2-5,8-10,17H2,1H3. The molecule has 0 radical (unpaired) electrons. The molecule has 1 fully saturated rings. The number of esters is 1. The van der Waals surface area contributed by atoms with Gasteiger partial charge in [0.15, 0.2) is 0 Å². The number of piperidine rings is 1. The van der Waals surface area contributed by atoms with Gasteiger partial charge in [0.1, 0.15) is 0 Å². The summed E-state index contributed by atoms with van der Waals surface area (Å²) in [5.74, 6) is -0.340. The van der Waals surface area contributed by atoms with Crippen LogP contribution in [-0.2, 0) is 4.74 Å². The summed E-state index contributed by atoms with van der Waals surface area (Å²) in [5, 5.41) is 9.25. The highest BCUT2D eigenvalue weighted by Gasteiger charge is 2.26. The maximum absolute atomic E-state index is 12.2. The van der Waals surface area contributed by atoms with Gasteiger partial charge in [0, 0.05) is 24.9 Å². The summed E-state index contributed by atoms with van der Waals surface area (Å²) in [6.45, 7) is 3.18. The van der Waals surface area contributed by atoms with Gasteiger partial charge in [0.05, 0.1) is 17.9 Å². The fourth-order valence-electron chi connectivity index (χ4n) is 2.94. The molecule has 1 unspecified atom stereocenters. The van der Waals surface area contributed by atoms with Crippen molar-refractivity contribution in [3.63, 3.8) is 0 Å². The monoisotopic (exact) mass is 292 g/mol. The first-order chi connectivity index (χ1) is 10.2. The van der Waals surface area contributed by atoms with Gasteiger partial charge in [-0.15, -0.1) is 0 Å². The van der Waals surface area contributed by atoms with E-state index in [0.717, 1.165) is 31.5 Å². The van der Waals surface area contributed by atoms with Crippen LogP contribution < -0.4 is 10.6 Å². The lowest BCUT2D eigenvalue weighted by Crippen LogP contribution is -2.41. The summed E-state index contributed by atoms with van der Waals surface area (Å²) in [7, 11) is 0. The Morgan fingerprint density at radius 1 is 1.48 bits per heavy atom. The summed E-state index contributed by atoms with van der Waals surface area (Å²) >= 11 is 0. The minimum atomic E-state index is -0.340. The van der Waals surface area contributed by atoms with Crippen molar-refractivity contribution in [3.8, 4) is 0 Å². The van der Waals surface area contributed by atoms with E-state index in [9.17, 15) is 9.90 Å². The van der Waals surface area contributed by atoms with Crippen LogP contribution >= 0.6 is 0 Å². The van der Waals surface area contributed by atoms with E-state index in [1.165, 1.54) is 0 Å². The third-order valence-corrected chi connectivity index (χ3v) is 3.91. The molecule has 0 aliphatic carbocycles. The van der Waals surface area contributed by atoms with Crippen molar-refractivity contribution in [2.24, 2.45) is 0 Å². The molecule has 1 aliphatic rings. The maximum atomic E-state index is 12.2. The largest absolute Gasteiger partial charge is 0.462 e. The summed E-state index contributed by atoms with van der Waals surface area (Å²) < 4.78 is 5.14. The Balaban J connectivity index is 2.34. The molecule has 1 atom stereocenters. The molecule has 0 aromatic heterocycles. The van der Waals surface area contributed by atoms with Crippen molar-refractivity contribution < 1.29 is 14.6 Å². The SMILES string of the molecule is CCOC(=O)c1cc(N)ccc1N1CCCCC1CCO. The zero-order valence-corrected chi connectivity index (χ0v) is 12.5. The van der Waals surface area contributed by atoms with Crippen LogP contribution in [0.5, 0.6) is 0 Å². The number of hydrogen-bond donors (Lipinski definition) is 2. The molecule has 1 saturated heterocycles. The zero-order valence-electron chi connectivity index (χ0n) is 12.5. The average molecular weight is 292 g/mol. The second-order valence-corrected chi connectivity index (χ2v) is 5.35. The van der Waals surface area contributed by atoms with Crippen LogP contribution in [0.25, 0.3) is 0 Å². The van der Waals surface area contributed by atoms with E-state index in [-0.39, 0.29) is 18.6 Å². The first kappa shape index (κ1) is 15.6. The van der Waals surface area contributed by atoms with E-state index in [2.05, 4.69) is 4.90 Å². The van der Waals surface area contributed by atoms with E-state index < -0.39 is 0 Å².